The van der Waals surface area contributed by atoms with Crippen LogP contribution >= 0.6 is 11.6 Å². The Hall–Kier alpha value is -3.06. The number of nitrogens with two attached hydrogens (primary N) is 1. The molecule has 1 fully saturated rings. The molecule has 3 N–H and O–H groups in total. The normalized spacial score (nSPS) is 14.2. The van der Waals surface area contributed by atoms with Crippen molar-refractivity contribution in [2.75, 3.05) is 47.0 Å². The Morgan fingerprint density at radius 2 is 1.68 bits per heavy atom. The van der Waals surface area contributed by atoms with Gasteiger partial charge in [0, 0.05) is 42.6 Å². The molecule has 4 rings (SSSR count). The topological polar surface area (TPSA) is 70.3 Å². The van der Waals surface area contributed by atoms with Gasteiger partial charge in [0.2, 0.25) is 0 Å². The third-order valence-electron chi connectivity index (χ3n) is 4.72. The number of halogens is 2. The first-order valence-corrected chi connectivity index (χ1v) is 9.36. The zero-order valence-electron chi connectivity index (χ0n) is 15.1. The lowest BCUT2D eigenvalue weighted by atomic mass is 10.2. The summed E-state index contributed by atoms with van der Waals surface area (Å²) in [5.41, 5.74) is 8.62. The van der Waals surface area contributed by atoms with E-state index in [2.05, 4.69) is 31.2 Å². The van der Waals surface area contributed by atoms with E-state index in [-0.39, 0.29) is 5.82 Å². The molecule has 0 spiro atoms. The van der Waals surface area contributed by atoms with Gasteiger partial charge in [-0.15, -0.1) is 0 Å². The van der Waals surface area contributed by atoms with Crippen molar-refractivity contribution < 1.29 is 4.39 Å². The van der Waals surface area contributed by atoms with Crippen molar-refractivity contribution in [3.8, 4) is 0 Å². The van der Waals surface area contributed by atoms with E-state index < -0.39 is 0 Å². The number of piperazine rings is 1. The van der Waals surface area contributed by atoms with Crippen molar-refractivity contribution in [1.29, 1.82) is 0 Å². The summed E-state index contributed by atoms with van der Waals surface area (Å²) in [6, 6.07) is 13.9. The summed E-state index contributed by atoms with van der Waals surface area (Å²) in [6.07, 6.45) is 1.49. The van der Waals surface area contributed by atoms with E-state index in [1.54, 1.807) is 12.1 Å². The Kier molecular flexibility index (Phi) is 5.16. The molecular weight excluding hydrogens is 379 g/mol. The van der Waals surface area contributed by atoms with Gasteiger partial charge >= 0.3 is 0 Å². The van der Waals surface area contributed by atoms with Gasteiger partial charge in [0.05, 0.1) is 0 Å². The Balaban J connectivity index is 1.47. The number of nitrogen functional groups attached to an aromatic ring is 1. The largest absolute Gasteiger partial charge is 0.393 e. The van der Waals surface area contributed by atoms with Gasteiger partial charge in [0.15, 0.2) is 11.6 Å². The van der Waals surface area contributed by atoms with Gasteiger partial charge in [-0.1, -0.05) is 17.7 Å². The standard InChI is InChI=1S/C20H20ClFN6/c21-14-2-1-3-17(12-14)27-8-10-28(11-9-27)20-18(23)19(24-13-25-20)26-16-6-4-15(22)5-7-16/h1-7,12-13H,8-11,23H2,(H,24,25,26). The van der Waals surface area contributed by atoms with Crippen LogP contribution in [0, 0.1) is 5.82 Å². The molecule has 0 unspecified atom stereocenters. The fourth-order valence-electron chi connectivity index (χ4n) is 3.26. The molecule has 28 heavy (non-hydrogen) atoms. The molecule has 1 aromatic heterocycles. The number of benzene rings is 2. The van der Waals surface area contributed by atoms with E-state index in [1.165, 1.54) is 18.5 Å². The summed E-state index contributed by atoms with van der Waals surface area (Å²) in [5.74, 6) is 0.915. The second-order valence-corrected chi connectivity index (χ2v) is 6.98. The van der Waals surface area contributed by atoms with Gasteiger partial charge in [-0.2, -0.15) is 0 Å². The van der Waals surface area contributed by atoms with Gasteiger partial charge in [0.1, 0.15) is 17.8 Å². The first-order valence-electron chi connectivity index (χ1n) is 8.99. The average molecular weight is 399 g/mol. The SMILES string of the molecule is Nc1c(Nc2ccc(F)cc2)ncnc1N1CCN(c2cccc(Cl)c2)CC1. The number of hydrogen-bond donors (Lipinski definition) is 2. The van der Waals surface area contributed by atoms with Crippen molar-refractivity contribution in [2.45, 2.75) is 0 Å². The van der Waals surface area contributed by atoms with Crippen LogP contribution in [0.2, 0.25) is 5.02 Å². The summed E-state index contributed by atoms with van der Waals surface area (Å²) in [7, 11) is 0. The number of rotatable bonds is 4. The summed E-state index contributed by atoms with van der Waals surface area (Å²) in [6.45, 7) is 3.24. The van der Waals surface area contributed by atoms with Crippen LogP contribution in [-0.2, 0) is 0 Å². The Bertz CT molecular complexity index is 957. The molecule has 3 aromatic rings. The van der Waals surface area contributed by atoms with Crippen molar-refractivity contribution >= 4 is 40.3 Å². The van der Waals surface area contributed by atoms with Crippen LogP contribution in [0.25, 0.3) is 0 Å². The predicted octanol–water partition coefficient (Wildman–Crippen LogP) is 3.92. The minimum absolute atomic E-state index is 0.292. The van der Waals surface area contributed by atoms with E-state index in [0.29, 0.717) is 23.0 Å². The minimum atomic E-state index is -0.292. The smallest absolute Gasteiger partial charge is 0.159 e. The van der Waals surface area contributed by atoms with Gasteiger partial charge in [-0.05, 0) is 42.5 Å². The molecule has 0 saturated carbocycles. The fraction of sp³-hybridized carbons (Fsp3) is 0.200. The maximum absolute atomic E-state index is 13.1. The van der Waals surface area contributed by atoms with E-state index >= 15 is 0 Å². The quantitative estimate of drug-likeness (QED) is 0.694. The summed E-state index contributed by atoms with van der Waals surface area (Å²) in [5, 5.41) is 3.86. The fourth-order valence-corrected chi connectivity index (χ4v) is 3.44. The highest BCUT2D eigenvalue weighted by molar-refractivity contribution is 6.30. The van der Waals surface area contributed by atoms with E-state index in [0.717, 1.165) is 36.9 Å². The van der Waals surface area contributed by atoms with Crippen LogP contribution in [0.15, 0.2) is 54.9 Å². The summed E-state index contributed by atoms with van der Waals surface area (Å²) < 4.78 is 13.1. The number of aromatic nitrogens is 2. The average Bonchev–Trinajstić information content (AvgIpc) is 2.71. The lowest BCUT2D eigenvalue weighted by Gasteiger charge is -2.37. The van der Waals surface area contributed by atoms with Crippen molar-refractivity contribution in [3.63, 3.8) is 0 Å². The van der Waals surface area contributed by atoms with E-state index in [9.17, 15) is 4.39 Å². The molecule has 1 aliphatic heterocycles. The van der Waals surface area contributed by atoms with Crippen molar-refractivity contribution in [3.05, 3.63) is 65.7 Å². The highest BCUT2D eigenvalue weighted by atomic mass is 35.5. The predicted molar refractivity (Wildman–Crippen MR) is 112 cm³/mol. The van der Waals surface area contributed by atoms with Gasteiger partial charge in [-0.3, -0.25) is 0 Å². The Labute approximate surface area is 167 Å². The van der Waals surface area contributed by atoms with Crippen LogP contribution in [0.5, 0.6) is 0 Å². The van der Waals surface area contributed by atoms with Crippen LogP contribution in [0.1, 0.15) is 0 Å². The maximum atomic E-state index is 13.1. The molecule has 144 valence electrons. The van der Waals surface area contributed by atoms with Gasteiger partial charge in [0.25, 0.3) is 0 Å². The second kappa shape index (κ2) is 7.90. The van der Waals surface area contributed by atoms with Crippen LogP contribution in [0.3, 0.4) is 0 Å². The van der Waals surface area contributed by atoms with Crippen LogP contribution in [0.4, 0.5) is 33.1 Å². The first kappa shape index (κ1) is 18.3. The van der Waals surface area contributed by atoms with E-state index in [4.69, 9.17) is 17.3 Å². The lowest BCUT2D eigenvalue weighted by molar-refractivity contribution is 0.628. The molecule has 0 radical (unpaired) electrons. The Morgan fingerprint density at radius 1 is 0.964 bits per heavy atom. The van der Waals surface area contributed by atoms with Crippen molar-refractivity contribution in [2.24, 2.45) is 0 Å². The van der Waals surface area contributed by atoms with Crippen LogP contribution in [-0.4, -0.2) is 36.1 Å². The van der Waals surface area contributed by atoms with Crippen molar-refractivity contribution in [1.82, 2.24) is 9.97 Å². The molecule has 2 heterocycles. The number of nitrogens with zero attached hydrogens (tertiary/aromatic N) is 4. The van der Waals surface area contributed by atoms with Crippen LogP contribution < -0.4 is 20.9 Å². The first-order chi connectivity index (χ1) is 13.6. The highest BCUT2D eigenvalue weighted by Gasteiger charge is 2.21. The molecule has 1 aliphatic rings. The second-order valence-electron chi connectivity index (χ2n) is 6.55. The summed E-state index contributed by atoms with van der Waals surface area (Å²) >= 11 is 6.10. The van der Waals surface area contributed by atoms with Gasteiger partial charge < -0.3 is 20.9 Å². The molecule has 1 saturated heterocycles. The molecule has 6 nitrogen and oxygen atoms in total. The molecule has 8 heteroatoms. The molecule has 0 bridgehead atoms. The van der Waals surface area contributed by atoms with Gasteiger partial charge in [-0.25, -0.2) is 14.4 Å². The third-order valence-corrected chi connectivity index (χ3v) is 4.96. The number of anilines is 5. The zero-order valence-corrected chi connectivity index (χ0v) is 15.9. The zero-order chi connectivity index (χ0) is 19.5. The molecule has 0 aliphatic carbocycles. The minimum Gasteiger partial charge on any atom is -0.393 e. The number of nitrogens with one attached hydrogen (secondary N) is 1. The maximum Gasteiger partial charge on any atom is 0.159 e. The molecule has 2 aromatic carbocycles. The third kappa shape index (κ3) is 3.94. The molecular formula is C20H20ClFN6. The number of hydrogen-bond acceptors (Lipinski definition) is 6. The Morgan fingerprint density at radius 3 is 2.39 bits per heavy atom. The molecule has 0 atom stereocenters. The lowest BCUT2D eigenvalue weighted by Crippen LogP contribution is -2.47. The van der Waals surface area contributed by atoms with E-state index in [1.807, 2.05) is 18.2 Å². The highest BCUT2D eigenvalue weighted by Crippen LogP contribution is 2.30. The summed E-state index contributed by atoms with van der Waals surface area (Å²) in [4.78, 5) is 13.0. The molecule has 0 amide bonds. The monoisotopic (exact) mass is 398 g/mol.